The van der Waals surface area contributed by atoms with Gasteiger partial charge in [0.05, 0.1) is 0 Å². The molecule has 2 aliphatic rings. The predicted molar refractivity (Wildman–Crippen MR) is 135 cm³/mol. The Balaban J connectivity index is 0.00000450. The van der Waals surface area contributed by atoms with Gasteiger partial charge < -0.3 is 20.3 Å². The normalized spacial score (nSPS) is 19.6. The maximum absolute atomic E-state index is 12.0. The van der Waals surface area contributed by atoms with Crippen LogP contribution in [0, 0.1) is 0 Å². The van der Waals surface area contributed by atoms with Crippen LogP contribution in [0.3, 0.4) is 0 Å². The fourth-order valence-corrected chi connectivity index (χ4v) is 4.42. The molecule has 2 N–H and O–H groups in total. The van der Waals surface area contributed by atoms with Gasteiger partial charge in [-0.25, -0.2) is 4.99 Å². The molecule has 8 heteroatoms. The van der Waals surface area contributed by atoms with Gasteiger partial charge in [0, 0.05) is 45.9 Å². The third-order valence-electron chi connectivity index (χ3n) is 6.23. The van der Waals surface area contributed by atoms with E-state index in [1.54, 1.807) is 19.0 Å². The summed E-state index contributed by atoms with van der Waals surface area (Å²) in [4.78, 5) is 20.9. The van der Waals surface area contributed by atoms with E-state index in [9.17, 15) is 4.79 Å². The third-order valence-corrected chi connectivity index (χ3v) is 6.23. The molecule has 7 nitrogen and oxygen atoms in total. The van der Waals surface area contributed by atoms with Gasteiger partial charge in [0.15, 0.2) is 5.96 Å². The maximum Gasteiger partial charge on any atom is 0.243 e. The fraction of sp³-hybridized carbons (Fsp3) is 0.909. The second-order valence-electron chi connectivity index (χ2n) is 8.62. The number of hydrogen-bond acceptors (Lipinski definition) is 4. The number of halogens is 1. The SMILES string of the molecule is CCOCCCNC(=NCC(=O)N(C)C)NCC1(N2CCCCC2)CCCCC1.I. The molecule has 0 atom stereocenters. The lowest BCUT2D eigenvalue weighted by Gasteiger charge is -2.48. The Morgan fingerprint density at radius 1 is 1.07 bits per heavy atom. The number of nitrogens with zero attached hydrogens (tertiary/aromatic N) is 3. The lowest BCUT2D eigenvalue weighted by Crippen LogP contribution is -2.59. The van der Waals surface area contributed by atoms with Gasteiger partial charge in [-0.15, -0.1) is 24.0 Å². The lowest BCUT2D eigenvalue weighted by molar-refractivity contribution is -0.127. The number of likely N-dealkylation sites (N-methyl/N-ethyl adjacent to an activating group) is 1. The van der Waals surface area contributed by atoms with E-state index in [0.717, 1.165) is 38.7 Å². The van der Waals surface area contributed by atoms with Gasteiger partial charge >= 0.3 is 0 Å². The Kier molecular flexibility index (Phi) is 13.9. The summed E-state index contributed by atoms with van der Waals surface area (Å²) in [6, 6.07) is 0. The minimum Gasteiger partial charge on any atom is -0.382 e. The molecule has 2 fully saturated rings. The van der Waals surface area contributed by atoms with Gasteiger partial charge in [-0.1, -0.05) is 25.7 Å². The number of carbonyl (C=O) groups excluding carboxylic acids is 1. The summed E-state index contributed by atoms with van der Waals surface area (Å²) in [6.07, 6.45) is 11.4. The molecule has 0 aromatic rings. The van der Waals surface area contributed by atoms with Crippen molar-refractivity contribution in [2.24, 2.45) is 4.99 Å². The highest BCUT2D eigenvalue weighted by molar-refractivity contribution is 14.0. The largest absolute Gasteiger partial charge is 0.382 e. The van der Waals surface area contributed by atoms with Crippen molar-refractivity contribution in [2.75, 3.05) is 60.0 Å². The van der Waals surface area contributed by atoms with Gasteiger partial charge in [-0.3, -0.25) is 9.69 Å². The quantitative estimate of drug-likeness (QED) is 0.194. The van der Waals surface area contributed by atoms with E-state index < -0.39 is 0 Å². The number of nitrogens with one attached hydrogen (secondary N) is 2. The molecule has 176 valence electrons. The highest BCUT2D eigenvalue weighted by Gasteiger charge is 2.38. The van der Waals surface area contributed by atoms with Crippen LogP contribution >= 0.6 is 24.0 Å². The summed E-state index contributed by atoms with van der Waals surface area (Å²) < 4.78 is 5.43. The fourth-order valence-electron chi connectivity index (χ4n) is 4.42. The first-order valence-electron chi connectivity index (χ1n) is 11.6. The van der Waals surface area contributed by atoms with Crippen molar-refractivity contribution in [3.63, 3.8) is 0 Å². The average molecular weight is 538 g/mol. The molecule has 1 saturated heterocycles. The van der Waals surface area contributed by atoms with E-state index in [-0.39, 0.29) is 42.0 Å². The summed E-state index contributed by atoms with van der Waals surface area (Å²) in [7, 11) is 3.54. The first-order valence-corrected chi connectivity index (χ1v) is 11.6. The number of likely N-dealkylation sites (tertiary alicyclic amines) is 1. The van der Waals surface area contributed by atoms with E-state index in [1.807, 2.05) is 6.92 Å². The number of carbonyl (C=O) groups is 1. The van der Waals surface area contributed by atoms with Crippen molar-refractivity contribution in [3.8, 4) is 0 Å². The van der Waals surface area contributed by atoms with Gasteiger partial charge in [-0.2, -0.15) is 0 Å². The summed E-state index contributed by atoms with van der Waals surface area (Å²) in [5.41, 5.74) is 0.234. The van der Waals surface area contributed by atoms with Crippen LogP contribution in [-0.2, 0) is 9.53 Å². The molecule has 1 saturated carbocycles. The van der Waals surface area contributed by atoms with E-state index in [1.165, 1.54) is 64.5 Å². The second kappa shape index (κ2) is 15.2. The number of rotatable bonds is 10. The number of piperidine rings is 1. The average Bonchev–Trinajstić information content (AvgIpc) is 2.75. The predicted octanol–water partition coefficient (Wildman–Crippen LogP) is 2.84. The van der Waals surface area contributed by atoms with E-state index in [0.29, 0.717) is 0 Å². The van der Waals surface area contributed by atoms with Crippen LogP contribution in [0.4, 0.5) is 0 Å². The zero-order valence-corrected chi connectivity index (χ0v) is 21.7. The van der Waals surface area contributed by atoms with Crippen molar-refractivity contribution in [2.45, 2.75) is 70.3 Å². The first-order chi connectivity index (χ1) is 14.1. The lowest BCUT2D eigenvalue weighted by atomic mass is 9.79. The molecule has 0 aromatic heterocycles. The van der Waals surface area contributed by atoms with Gasteiger partial charge in [0.1, 0.15) is 6.54 Å². The summed E-state index contributed by atoms with van der Waals surface area (Å²) >= 11 is 0. The molecular formula is C22H44IN5O2. The summed E-state index contributed by atoms with van der Waals surface area (Å²) in [6.45, 7) is 7.80. The first kappa shape index (κ1) is 27.4. The van der Waals surface area contributed by atoms with E-state index in [4.69, 9.17) is 4.74 Å². The molecule has 0 spiro atoms. The number of amides is 1. The second-order valence-corrected chi connectivity index (χ2v) is 8.62. The number of guanidine groups is 1. The Bertz CT molecular complexity index is 504. The smallest absolute Gasteiger partial charge is 0.243 e. The van der Waals surface area contributed by atoms with Gasteiger partial charge in [-0.05, 0) is 52.1 Å². The summed E-state index contributed by atoms with van der Waals surface area (Å²) in [5, 5.41) is 7.00. The number of hydrogen-bond donors (Lipinski definition) is 2. The Morgan fingerprint density at radius 2 is 1.73 bits per heavy atom. The molecule has 1 heterocycles. The Labute approximate surface area is 200 Å². The molecule has 2 rings (SSSR count). The standard InChI is InChI=1S/C22H43N5O2.HI/c1-4-29-17-11-14-23-21(24-18-20(28)26(2)3)25-19-22(12-7-5-8-13-22)27-15-9-6-10-16-27;/h4-19H2,1-3H3,(H2,23,24,25);1H. The molecule has 0 aromatic carbocycles. The zero-order valence-electron chi connectivity index (χ0n) is 19.4. The van der Waals surface area contributed by atoms with Crippen LogP contribution in [0.1, 0.15) is 64.7 Å². The van der Waals surface area contributed by atoms with Crippen molar-refractivity contribution in [1.29, 1.82) is 0 Å². The van der Waals surface area contributed by atoms with Crippen LogP contribution in [-0.4, -0.2) is 87.2 Å². The van der Waals surface area contributed by atoms with Crippen LogP contribution in [0.25, 0.3) is 0 Å². The molecule has 30 heavy (non-hydrogen) atoms. The molecule has 1 aliphatic heterocycles. The van der Waals surface area contributed by atoms with Crippen LogP contribution in [0.15, 0.2) is 4.99 Å². The maximum atomic E-state index is 12.0. The van der Waals surface area contributed by atoms with Gasteiger partial charge in [0.25, 0.3) is 0 Å². The Hall–Kier alpha value is -0.610. The Morgan fingerprint density at radius 3 is 2.37 bits per heavy atom. The van der Waals surface area contributed by atoms with E-state index in [2.05, 4.69) is 20.5 Å². The molecule has 1 aliphatic carbocycles. The minimum atomic E-state index is 0. The number of ether oxygens (including phenoxy) is 1. The minimum absolute atomic E-state index is 0. The zero-order chi connectivity index (χ0) is 21.0. The molecule has 0 unspecified atom stereocenters. The molecular weight excluding hydrogens is 493 g/mol. The van der Waals surface area contributed by atoms with Crippen LogP contribution < -0.4 is 10.6 Å². The molecule has 0 bridgehead atoms. The van der Waals surface area contributed by atoms with Gasteiger partial charge in [0.2, 0.25) is 5.91 Å². The summed E-state index contributed by atoms with van der Waals surface area (Å²) in [5.74, 6) is 0.766. The number of aliphatic imine (C=N–C) groups is 1. The van der Waals surface area contributed by atoms with Crippen molar-refractivity contribution in [3.05, 3.63) is 0 Å². The third kappa shape index (κ3) is 9.26. The van der Waals surface area contributed by atoms with Crippen LogP contribution in [0.5, 0.6) is 0 Å². The van der Waals surface area contributed by atoms with Crippen LogP contribution in [0.2, 0.25) is 0 Å². The van der Waals surface area contributed by atoms with Crippen molar-refractivity contribution < 1.29 is 9.53 Å². The van der Waals surface area contributed by atoms with Crippen molar-refractivity contribution in [1.82, 2.24) is 20.4 Å². The molecule has 0 radical (unpaired) electrons. The monoisotopic (exact) mass is 537 g/mol. The topological polar surface area (TPSA) is 69.2 Å². The van der Waals surface area contributed by atoms with Crippen molar-refractivity contribution >= 4 is 35.8 Å². The highest BCUT2D eigenvalue weighted by atomic mass is 127. The highest BCUT2D eigenvalue weighted by Crippen LogP contribution is 2.35. The van der Waals surface area contributed by atoms with E-state index >= 15 is 0 Å². The molecule has 1 amide bonds.